The van der Waals surface area contributed by atoms with Gasteiger partial charge in [0.2, 0.25) is 0 Å². The number of nitrogens with two attached hydrogens (primary N) is 1. The third-order valence-corrected chi connectivity index (χ3v) is 3.38. The van der Waals surface area contributed by atoms with E-state index < -0.39 is 5.54 Å². The fraction of sp³-hybridized carbons (Fsp3) is 0.235. The molecule has 118 valence electrons. The van der Waals surface area contributed by atoms with Gasteiger partial charge in [-0.2, -0.15) is 0 Å². The van der Waals surface area contributed by atoms with Crippen molar-refractivity contribution >= 4 is 16.8 Å². The number of para-hydroxylation sites is 1. The number of benzene rings is 1. The van der Waals surface area contributed by atoms with Crippen LogP contribution in [0.5, 0.6) is 0 Å². The van der Waals surface area contributed by atoms with Gasteiger partial charge in [-0.1, -0.05) is 18.2 Å². The Morgan fingerprint density at radius 2 is 2.09 bits per heavy atom. The van der Waals surface area contributed by atoms with Crippen molar-refractivity contribution in [2.45, 2.75) is 19.4 Å². The van der Waals surface area contributed by atoms with Crippen molar-refractivity contribution in [3.8, 4) is 11.4 Å². The molecule has 3 aromatic rings. The predicted molar refractivity (Wildman–Crippen MR) is 89.9 cm³/mol. The Morgan fingerprint density at radius 3 is 2.83 bits per heavy atom. The summed E-state index contributed by atoms with van der Waals surface area (Å²) in [5.41, 5.74) is 8.13. The minimum Gasteiger partial charge on any atom is -0.353 e. The van der Waals surface area contributed by atoms with E-state index in [1.54, 1.807) is 6.20 Å². The first-order valence-electron chi connectivity index (χ1n) is 7.40. The monoisotopic (exact) mass is 309 g/mol. The Bertz CT molecular complexity index is 814. The molecular weight excluding hydrogens is 290 g/mol. The van der Waals surface area contributed by atoms with Crippen LogP contribution in [0.25, 0.3) is 22.3 Å². The molecule has 0 fully saturated rings. The zero-order valence-electron chi connectivity index (χ0n) is 13.1. The van der Waals surface area contributed by atoms with E-state index in [0.29, 0.717) is 12.2 Å². The number of aromatic nitrogens is 3. The number of H-pyrrole nitrogens is 1. The molecule has 3 rings (SSSR count). The zero-order chi connectivity index (χ0) is 16.4. The highest BCUT2D eigenvalue weighted by atomic mass is 16.1. The summed E-state index contributed by atoms with van der Waals surface area (Å²) in [6, 6.07) is 9.94. The molecule has 0 saturated heterocycles. The van der Waals surface area contributed by atoms with Crippen molar-refractivity contribution in [2.75, 3.05) is 6.54 Å². The minimum absolute atomic E-state index is 0.269. The Morgan fingerprint density at radius 1 is 1.30 bits per heavy atom. The van der Waals surface area contributed by atoms with Gasteiger partial charge in [-0.15, -0.1) is 0 Å². The minimum atomic E-state index is -0.474. The van der Waals surface area contributed by atoms with E-state index in [1.807, 2.05) is 44.2 Å². The van der Waals surface area contributed by atoms with Crippen LogP contribution in [0.1, 0.15) is 24.3 Å². The number of aromatic amines is 1. The van der Waals surface area contributed by atoms with Gasteiger partial charge in [-0.05, 0) is 26.0 Å². The zero-order valence-corrected chi connectivity index (χ0v) is 13.1. The number of carbonyl (C=O) groups is 1. The fourth-order valence-electron chi connectivity index (χ4n) is 2.22. The maximum absolute atomic E-state index is 12.2. The molecule has 6 nitrogen and oxygen atoms in total. The van der Waals surface area contributed by atoms with E-state index in [-0.39, 0.29) is 11.6 Å². The third-order valence-electron chi connectivity index (χ3n) is 3.38. The van der Waals surface area contributed by atoms with Crippen molar-refractivity contribution in [1.29, 1.82) is 0 Å². The molecule has 1 aromatic carbocycles. The smallest absolute Gasteiger partial charge is 0.271 e. The molecule has 2 aromatic heterocycles. The van der Waals surface area contributed by atoms with Crippen LogP contribution in [0.3, 0.4) is 0 Å². The van der Waals surface area contributed by atoms with Gasteiger partial charge in [0.15, 0.2) is 0 Å². The normalized spacial score (nSPS) is 11.6. The lowest BCUT2D eigenvalue weighted by molar-refractivity contribution is 0.0940. The average Bonchev–Trinajstić information content (AvgIpc) is 2.96. The SMILES string of the molecule is CC(C)(N)CNC(=O)c1cncc(-c2cc3ccccc3[nH]2)n1. The second kappa shape index (κ2) is 5.81. The quantitative estimate of drug-likeness (QED) is 0.687. The van der Waals surface area contributed by atoms with Gasteiger partial charge in [0.1, 0.15) is 11.4 Å². The highest BCUT2D eigenvalue weighted by Gasteiger charge is 2.15. The number of nitrogens with one attached hydrogen (secondary N) is 2. The van der Waals surface area contributed by atoms with E-state index in [2.05, 4.69) is 20.3 Å². The highest BCUT2D eigenvalue weighted by Crippen LogP contribution is 2.22. The van der Waals surface area contributed by atoms with Crippen LogP contribution in [-0.4, -0.2) is 32.9 Å². The standard InChI is InChI=1S/C17H19N5O/c1-17(2,18)10-20-16(23)15-9-19-8-14(22-15)13-7-11-5-3-4-6-12(11)21-13/h3-9,21H,10,18H2,1-2H3,(H,20,23). The summed E-state index contributed by atoms with van der Waals surface area (Å²) >= 11 is 0. The van der Waals surface area contributed by atoms with Crippen molar-refractivity contribution in [2.24, 2.45) is 5.73 Å². The first-order chi connectivity index (χ1) is 10.9. The van der Waals surface area contributed by atoms with Crippen LogP contribution in [-0.2, 0) is 0 Å². The largest absolute Gasteiger partial charge is 0.353 e. The van der Waals surface area contributed by atoms with Gasteiger partial charge < -0.3 is 16.0 Å². The molecule has 2 heterocycles. The van der Waals surface area contributed by atoms with Gasteiger partial charge in [-0.3, -0.25) is 9.78 Å². The number of rotatable bonds is 4. The lowest BCUT2D eigenvalue weighted by Crippen LogP contribution is -2.45. The highest BCUT2D eigenvalue weighted by molar-refractivity contribution is 5.92. The lowest BCUT2D eigenvalue weighted by Gasteiger charge is -2.18. The van der Waals surface area contributed by atoms with E-state index in [9.17, 15) is 4.79 Å². The molecular formula is C17H19N5O. The number of hydrogen-bond donors (Lipinski definition) is 3. The Balaban J connectivity index is 1.86. The lowest BCUT2D eigenvalue weighted by atomic mass is 10.1. The van der Waals surface area contributed by atoms with Gasteiger partial charge in [0, 0.05) is 23.0 Å². The first-order valence-corrected chi connectivity index (χ1v) is 7.40. The topological polar surface area (TPSA) is 96.7 Å². The maximum atomic E-state index is 12.2. The molecule has 4 N–H and O–H groups in total. The summed E-state index contributed by atoms with van der Waals surface area (Å²) in [5.74, 6) is -0.283. The van der Waals surface area contributed by atoms with E-state index in [1.165, 1.54) is 6.20 Å². The Hall–Kier alpha value is -2.73. The number of hydrogen-bond acceptors (Lipinski definition) is 4. The number of nitrogens with zero attached hydrogens (tertiary/aromatic N) is 2. The van der Waals surface area contributed by atoms with Crippen LogP contribution in [0, 0.1) is 0 Å². The van der Waals surface area contributed by atoms with Gasteiger partial charge in [0.05, 0.1) is 18.1 Å². The molecule has 0 aliphatic heterocycles. The van der Waals surface area contributed by atoms with Crippen LogP contribution in [0.15, 0.2) is 42.7 Å². The van der Waals surface area contributed by atoms with Crippen molar-refractivity contribution in [3.63, 3.8) is 0 Å². The number of amides is 1. The Labute approximate surface area is 134 Å². The maximum Gasteiger partial charge on any atom is 0.271 e. The molecule has 0 bridgehead atoms. The molecule has 0 saturated carbocycles. The molecule has 0 unspecified atom stereocenters. The van der Waals surface area contributed by atoms with Gasteiger partial charge >= 0.3 is 0 Å². The summed E-state index contributed by atoms with van der Waals surface area (Å²) in [7, 11) is 0. The summed E-state index contributed by atoms with van der Waals surface area (Å²) < 4.78 is 0. The average molecular weight is 309 g/mol. The fourth-order valence-corrected chi connectivity index (χ4v) is 2.22. The second-order valence-electron chi connectivity index (χ2n) is 6.23. The third kappa shape index (κ3) is 3.54. The molecule has 0 aliphatic rings. The number of fused-ring (bicyclic) bond motifs is 1. The van der Waals surface area contributed by atoms with Crippen LogP contribution in [0.4, 0.5) is 0 Å². The predicted octanol–water partition coefficient (Wildman–Crippen LogP) is 2.09. The summed E-state index contributed by atoms with van der Waals surface area (Å²) in [6.45, 7) is 4.06. The molecule has 0 radical (unpaired) electrons. The number of carbonyl (C=O) groups excluding carboxylic acids is 1. The molecule has 23 heavy (non-hydrogen) atoms. The Kier molecular flexibility index (Phi) is 3.83. The second-order valence-corrected chi connectivity index (χ2v) is 6.23. The van der Waals surface area contributed by atoms with Crippen LogP contribution >= 0.6 is 0 Å². The van der Waals surface area contributed by atoms with Crippen molar-refractivity contribution < 1.29 is 4.79 Å². The van der Waals surface area contributed by atoms with Crippen LogP contribution < -0.4 is 11.1 Å². The molecule has 1 amide bonds. The summed E-state index contributed by atoms with van der Waals surface area (Å²) in [4.78, 5) is 24.0. The van der Waals surface area contributed by atoms with Gasteiger partial charge in [-0.25, -0.2) is 4.98 Å². The van der Waals surface area contributed by atoms with Gasteiger partial charge in [0.25, 0.3) is 5.91 Å². The van der Waals surface area contributed by atoms with Crippen molar-refractivity contribution in [1.82, 2.24) is 20.3 Å². The molecule has 6 heteroatoms. The summed E-state index contributed by atoms with van der Waals surface area (Å²) in [5, 5.41) is 3.85. The van der Waals surface area contributed by atoms with E-state index in [4.69, 9.17) is 5.73 Å². The summed E-state index contributed by atoms with van der Waals surface area (Å²) in [6.07, 6.45) is 3.08. The molecule has 0 atom stereocenters. The van der Waals surface area contributed by atoms with E-state index in [0.717, 1.165) is 16.6 Å². The first kappa shape index (κ1) is 15.2. The molecule has 0 aliphatic carbocycles. The van der Waals surface area contributed by atoms with E-state index >= 15 is 0 Å². The van der Waals surface area contributed by atoms with Crippen molar-refractivity contribution in [3.05, 3.63) is 48.4 Å². The molecule has 0 spiro atoms. The van der Waals surface area contributed by atoms with Crippen LogP contribution in [0.2, 0.25) is 0 Å².